The van der Waals surface area contributed by atoms with Crippen molar-refractivity contribution in [2.45, 2.75) is 0 Å². The Labute approximate surface area is 350 Å². The van der Waals surface area contributed by atoms with E-state index in [9.17, 15) is 0 Å². The molecule has 11 rings (SSSR count). The molecule has 0 bridgehead atoms. The smallest absolute Gasteiger partial charge is 0.0541 e. The summed E-state index contributed by atoms with van der Waals surface area (Å²) in [4.78, 5) is 2.40. The second kappa shape index (κ2) is 15.1. The van der Waals surface area contributed by atoms with Gasteiger partial charge in [-0.2, -0.15) is 0 Å². The molecule has 0 N–H and O–H groups in total. The molecule has 0 unspecified atom stereocenters. The van der Waals surface area contributed by atoms with Gasteiger partial charge in [0.1, 0.15) is 0 Å². The molecular formula is C58H40N2. The molecule has 0 fully saturated rings. The van der Waals surface area contributed by atoms with Gasteiger partial charge in [0, 0.05) is 33.2 Å². The quantitative estimate of drug-likeness (QED) is 0.150. The van der Waals surface area contributed by atoms with Gasteiger partial charge >= 0.3 is 0 Å². The summed E-state index contributed by atoms with van der Waals surface area (Å²) < 4.78 is 2.38. The molecule has 1 aromatic heterocycles. The molecule has 11 aromatic rings. The lowest BCUT2D eigenvalue weighted by atomic mass is 9.84. The van der Waals surface area contributed by atoms with Gasteiger partial charge in [-0.1, -0.05) is 188 Å². The Morgan fingerprint density at radius 1 is 0.283 bits per heavy atom. The highest BCUT2D eigenvalue weighted by atomic mass is 15.1. The van der Waals surface area contributed by atoms with Crippen LogP contribution in [-0.2, 0) is 0 Å². The zero-order valence-electron chi connectivity index (χ0n) is 33.0. The maximum Gasteiger partial charge on any atom is 0.0541 e. The van der Waals surface area contributed by atoms with Crippen LogP contribution < -0.4 is 4.90 Å². The molecule has 0 aliphatic rings. The first kappa shape index (κ1) is 35.2. The number of anilines is 3. The molecule has 0 saturated heterocycles. The number of hydrogen-bond acceptors (Lipinski definition) is 1. The summed E-state index contributed by atoms with van der Waals surface area (Å²) in [5.41, 5.74) is 16.5. The normalized spacial score (nSPS) is 11.3. The van der Waals surface area contributed by atoms with Gasteiger partial charge in [0.05, 0.1) is 16.7 Å². The minimum Gasteiger partial charge on any atom is -0.310 e. The fraction of sp³-hybridized carbons (Fsp3) is 0. The van der Waals surface area contributed by atoms with Gasteiger partial charge < -0.3 is 9.47 Å². The Bertz CT molecular complexity index is 3230. The fourth-order valence-electron chi connectivity index (χ4n) is 9.08. The average molecular weight is 765 g/mol. The zero-order valence-corrected chi connectivity index (χ0v) is 33.0. The minimum atomic E-state index is 1.09. The predicted molar refractivity (Wildman–Crippen MR) is 255 cm³/mol. The van der Waals surface area contributed by atoms with Crippen molar-refractivity contribution >= 4 is 49.6 Å². The highest BCUT2D eigenvalue weighted by Crippen LogP contribution is 2.45. The third kappa shape index (κ3) is 6.14. The third-order valence-corrected chi connectivity index (χ3v) is 11.8. The largest absolute Gasteiger partial charge is 0.310 e. The van der Waals surface area contributed by atoms with E-state index in [-0.39, 0.29) is 0 Å². The number of nitrogens with zero attached hydrogens (tertiary/aromatic N) is 2. The molecule has 1 heterocycles. The van der Waals surface area contributed by atoms with Gasteiger partial charge in [0.25, 0.3) is 0 Å². The third-order valence-electron chi connectivity index (χ3n) is 11.8. The van der Waals surface area contributed by atoms with Crippen LogP contribution in [0.3, 0.4) is 0 Å². The SMILES string of the molecule is c1ccc(-c2ccccc2-c2c(-c3ccccc3)cccc2-c2ccc(N(c3ccc(-n4c5ccccc5c5ccccc54)cc3)c3cccc4ccccc34)cc2)cc1. The molecule has 2 nitrogen and oxygen atoms in total. The van der Waals surface area contributed by atoms with Crippen LogP contribution in [0.15, 0.2) is 243 Å². The molecule has 60 heavy (non-hydrogen) atoms. The van der Waals surface area contributed by atoms with E-state index in [1.54, 1.807) is 0 Å². The molecule has 10 aromatic carbocycles. The molecule has 0 saturated carbocycles. The molecule has 2 heteroatoms. The fourth-order valence-corrected chi connectivity index (χ4v) is 9.08. The molecule has 0 aliphatic heterocycles. The summed E-state index contributed by atoms with van der Waals surface area (Å²) >= 11 is 0. The Balaban J connectivity index is 1.06. The number of fused-ring (bicyclic) bond motifs is 4. The second-order valence-corrected chi connectivity index (χ2v) is 15.3. The van der Waals surface area contributed by atoms with E-state index in [4.69, 9.17) is 0 Å². The number of hydrogen-bond donors (Lipinski definition) is 0. The van der Waals surface area contributed by atoms with Crippen LogP contribution >= 0.6 is 0 Å². The summed E-state index contributed by atoms with van der Waals surface area (Å²) in [6.07, 6.45) is 0. The van der Waals surface area contributed by atoms with Gasteiger partial charge in [-0.05, 0) is 104 Å². The first-order chi connectivity index (χ1) is 29.8. The van der Waals surface area contributed by atoms with Crippen molar-refractivity contribution in [3.63, 3.8) is 0 Å². The number of rotatable bonds is 8. The van der Waals surface area contributed by atoms with Crippen molar-refractivity contribution in [3.05, 3.63) is 243 Å². The van der Waals surface area contributed by atoms with Crippen molar-refractivity contribution in [2.24, 2.45) is 0 Å². The number of benzene rings is 10. The van der Waals surface area contributed by atoms with Crippen LogP contribution in [0.5, 0.6) is 0 Å². The molecule has 0 aliphatic carbocycles. The average Bonchev–Trinajstić information content (AvgIpc) is 3.67. The summed E-state index contributed by atoms with van der Waals surface area (Å²) in [7, 11) is 0. The predicted octanol–water partition coefficient (Wildman–Crippen LogP) is 16.1. The summed E-state index contributed by atoms with van der Waals surface area (Å²) in [6.45, 7) is 0. The second-order valence-electron chi connectivity index (χ2n) is 15.3. The minimum absolute atomic E-state index is 1.09. The summed E-state index contributed by atoms with van der Waals surface area (Å²) in [5.74, 6) is 0. The number of para-hydroxylation sites is 2. The molecular weight excluding hydrogens is 725 g/mol. The Morgan fingerprint density at radius 2 is 0.717 bits per heavy atom. The lowest BCUT2D eigenvalue weighted by molar-refractivity contribution is 1.17. The van der Waals surface area contributed by atoms with Crippen LogP contribution in [0.1, 0.15) is 0 Å². The van der Waals surface area contributed by atoms with Crippen molar-refractivity contribution in [1.82, 2.24) is 4.57 Å². The maximum absolute atomic E-state index is 2.40. The summed E-state index contributed by atoms with van der Waals surface area (Å²) in [5, 5.41) is 4.93. The van der Waals surface area contributed by atoms with Crippen molar-refractivity contribution in [1.29, 1.82) is 0 Å². The zero-order chi connectivity index (χ0) is 39.8. The van der Waals surface area contributed by atoms with E-state index in [0.717, 1.165) is 28.3 Å². The Morgan fingerprint density at radius 3 is 1.35 bits per heavy atom. The van der Waals surface area contributed by atoms with Crippen molar-refractivity contribution in [3.8, 4) is 50.2 Å². The molecule has 282 valence electrons. The van der Waals surface area contributed by atoms with E-state index < -0.39 is 0 Å². The Hall–Kier alpha value is -7.94. The van der Waals surface area contributed by atoms with Crippen LogP contribution in [0.4, 0.5) is 17.1 Å². The van der Waals surface area contributed by atoms with Gasteiger partial charge in [0.15, 0.2) is 0 Å². The van der Waals surface area contributed by atoms with Crippen LogP contribution in [0.25, 0.3) is 82.8 Å². The van der Waals surface area contributed by atoms with E-state index >= 15 is 0 Å². The van der Waals surface area contributed by atoms with Gasteiger partial charge in [-0.25, -0.2) is 0 Å². The topological polar surface area (TPSA) is 8.17 Å². The maximum atomic E-state index is 2.40. The molecule has 0 spiro atoms. The molecule has 0 radical (unpaired) electrons. The Kier molecular flexibility index (Phi) is 8.87. The van der Waals surface area contributed by atoms with E-state index in [1.165, 1.54) is 71.5 Å². The lowest BCUT2D eigenvalue weighted by Crippen LogP contribution is -2.10. The highest BCUT2D eigenvalue weighted by molar-refractivity contribution is 6.09. The molecule has 0 atom stereocenters. The van der Waals surface area contributed by atoms with Gasteiger partial charge in [-0.15, -0.1) is 0 Å². The first-order valence-corrected chi connectivity index (χ1v) is 20.6. The van der Waals surface area contributed by atoms with Crippen LogP contribution in [0, 0.1) is 0 Å². The summed E-state index contributed by atoms with van der Waals surface area (Å²) in [6, 6.07) is 87.8. The number of aromatic nitrogens is 1. The lowest BCUT2D eigenvalue weighted by Gasteiger charge is -2.27. The van der Waals surface area contributed by atoms with Crippen molar-refractivity contribution in [2.75, 3.05) is 4.90 Å². The van der Waals surface area contributed by atoms with Crippen molar-refractivity contribution < 1.29 is 0 Å². The highest BCUT2D eigenvalue weighted by Gasteiger charge is 2.20. The van der Waals surface area contributed by atoms with E-state index in [0.29, 0.717) is 0 Å². The van der Waals surface area contributed by atoms with Gasteiger partial charge in [-0.3, -0.25) is 0 Å². The van der Waals surface area contributed by atoms with E-state index in [1.807, 2.05) is 0 Å². The monoisotopic (exact) mass is 764 g/mol. The van der Waals surface area contributed by atoms with Crippen LogP contribution in [-0.4, -0.2) is 4.57 Å². The van der Waals surface area contributed by atoms with E-state index in [2.05, 4.69) is 252 Å². The first-order valence-electron chi connectivity index (χ1n) is 20.6. The standard InChI is InChI=1S/C58H40N2/c1-3-17-41(18-4-1)48-23-9-10-27-54(48)58-50(43-19-5-2-6-20-43)28-16-29-51(58)44-33-35-45(36-34-44)59(55-32-15-22-42-21-7-8-24-49(42)55)46-37-39-47(40-38-46)60-56-30-13-11-25-52(56)53-26-12-14-31-57(53)60/h1-40H. The van der Waals surface area contributed by atoms with Crippen LogP contribution in [0.2, 0.25) is 0 Å². The van der Waals surface area contributed by atoms with Gasteiger partial charge in [0.2, 0.25) is 0 Å². The molecule has 0 amide bonds.